The van der Waals surface area contributed by atoms with Crippen molar-refractivity contribution < 1.29 is 9.47 Å². The molecule has 2 atom stereocenters. The van der Waals surface area contributed by atoms with Crippen molar-refractivity contribution in [1.82, 2.24) is 5.32 Å². The second-order valence-corrected chi connectivity index (χ2v) is 5.14. The van der Waals surface area contributed by atoms with Gasteiger partial charge in [-0.3, -0.25) is 0 Å². The summed E-state index contributed by atoms with van der Waals surface area (Å²) in [5.41, 5.74) is 1.25. The average Bonchev–Trinajstić information content (AvgIpc) is 2.45. The zero-order valence-corrected chi connectivity index (χ0v) is 11.8. The zero-order valence-electron chi connectivity index (χ0n) is 11.8. The van der Waals surface area contributed by atoms with Crippen molar-refractivity contribution in [2.75, 3.05) is 13.2 Å². The Bertz CT molecular complexity index is 400. The molecule has 0 bridgehead atoms. The molecular formula is C16H23NO2. The van der Waals surface area contributed by atoms with Crippen LogP contribution in [-0.2, 0) is 4.74 Å². The number of ether oxygens (including phenoxy) is 2. The van der Waals surface area contributed by atoms with Crippen LogP contribution < -0.4 is 10.1 Å². The maximum Gasteiger partial charge on any atom is 0.119 e. The second-order valence-electron chi connectivity index (χ2n) is 5.14. The van der Waals surface area contributed by atoms with E-state index in [1.54, 1.807) is 0 Å². The molecule has 1 aromatic rings. The molecule has 1 heterocycles. The first-order chi connectivity index (χ1) is 9.24. The van der Waals surface area contributed by atoms with Gasteiger partial charge in [0, 0.05) is 12.6 Å². The molecule has 2 rings (SSSR count). The fourth-order valence-corrected chi connectivity index (χ4v) is 1.98. The number of aryl methyl sites for hydroxylation is 1. The van der Waals surface area contributed by atoms with Gasteiger partial charge in [0.25, 0.3) is 0 Å². The molecule has 0 saturated carbocycles. The summed E-state index contributed by atoms with van der Waals surface area (Å²) >= 11 is 0. The molecule has 0 radical (unpaired) electrons. The van der Waals surface area contributed by atoms with E-state index in [0.717, 1.165) is 25.1 Å². The summed E-state index contributed by atoms with van der Waals surface area (Å²) in [6.07, 6.45) is 6.38. The molecule has 0 amide bonds. The first-order valence-electron chi connectivity index (χ1n) is 6.97. The number of hydrogen-bond donors (Lipinski definition) is 1. The van der Waals surface area contributed by atoms with Crippen molar-refractivity contribution in [2.45, 2.75) is 38.8 Å². The Hall–Kier alpha value is -1.48. The van der Waals surface area contributed by atoms with Gasteiger partial charge in [-0.1, -0.05) is 17.7 Å². The topological polar surface area (TPSA) is 30.5 Å². The van der Waals surface area contributed by atoms with E-state index in [1.165, 1.54) is 5.56 Å². The fourth-order valence-electron chi connectivity index (χ4n) is 1.98. The Labute approximate surface area is 115 Å². The van der Waals surface area contributed by atoms with E-state index in [4.69, 9.17) is 9.47 Å². The van der Waals surface area contributed by atoms with Gasteiger partial charge in [-0.15, -0.1) is 0 Å². The highest BCUT2D eigenvalue weighted by molar-refractivity contribution is 5.26. The predicted molar refractivity (Wildman–Crippen MR) is 77.4 cm³/mol. The summed E-state index contributed by atoms with van der Waals surface area (Å²) in [5, 5.41) is 3.45. The minimum atomic E-state index is 0.298. The van der Waals surface area contributed by atoms with Crippen LogP contribution in [0, 0.1) is 6.92 Å². The van der Waals surface area contributed by atoms with Gasteiger partial charge in [-0.05, 0) is 44.9 Å². The molecule has 0 aromatic heterocycles. The minimum absolute atomic E-state index is 0.298. The molecule has 104 valence electrons. The van der Waals surface area contributed by atoms with Crippen LogP contribution in [0.3, 0.4) is 0 Å². The number of benzene rings is 1. The smallest absolute Gasteiger partial charge is 0.119 e. The molecule has 0 aliphatic carbocycles. The highest BCUT2D eigenvalue weighted by Gasteiger charge is 2.12. The molecule has 2 unspecified atom stereocenters. The molecule has 3 nitrogen and oxygen atoms in total. The number of rotatable bonds is 6. The van der Waals surface area contributed by atoms with E-state index >= 15 is 0 Å². The Morgan fingerprint density at radius 2 is 2.16 bits per heavy atom. The van der Waals surface area contributed by atoms with Crippen LogP contribution in [0.2, 0.25) is 0 Å². The van der Waals surface area contributed by atoms with Crippen molar-refractivity contribution in [3.8, 4) is 5.75 Å². The Morgan fingerprint density at radius 1 is 1.37 bits per heavy atom. The van der Waals surface area contributed by atoms with Crippen LogP contribution in [-0.4, -0.2) is 25.3 Å². The molecule has 1 aliphatic heterocycles. The zero-order chi connectivity index (χ0) is 13.5. The van der Waals surface area contributed by atoms with Gasteiger partial charge in [0.2, 0.25) is 0 Å². The van der Waals surface area contributed by atoms with E-state index in [0.29, 0.717) is 18.8 Å². The van der Waals surface area contributed by atoms with Crippen LogP contribution in [0.25, 0.3) is 0 Å². The highest BCUT2D eigenvalue weighted by atomic mass is 16.5. The van der Waals surface area contributed by atoms with Crippen LogP contribution >= 0.6 is 0 Å². The lowest BCUT2D eigenvalue weighted by atomic mass is 10.1. The normalized spacial score (nSPS) is 19.8. The molecule has 0 spiro atoms. The van der Waals surface area contributed by atoms with E-state index in [1.807, 2.05) is 18.4 Å². The third-order valence-corrected chi connectivity index (χ3v) is 3.24. The van der Waals surface area contributed by atoms with Crippen molar-refractivity contribution in [3.63, 3.8) is 0 Å². The predicted octanol–water partition coefficient (Wildman–Crippen LogP) is 3.04. The molecule has 0 saturated heterocycles. The Kier molecular flexibility index (Phi) is 5.28. The quantitative estimate of drug-likeness (QED) is 0.853. The number of allylic oxidation sites excluding steroid dienone is 1. The first kappa shape index (κ1) is 13.9. The lowest BCUT2D eigenvalue weighted by Crippen LogP contribution is -2.38. The molecule has 3 heteroatoms. The summed E-state index contributed by atoms with van der Waals surface area (Å²) in [6.45, 7) is 5.76. The Morgan fingerprint density at radius 3 is 2.84 bits per heavy atom. The van der Waals surface area contributed by atoms with E-state index < -0.39 is 0 Å². The molecule has 1 aromatic carbocycles. The van der Waals surface area contributed by atoms with Gasteiger partial charge in [0.05, 0.1) is 6.26 Å². The lowest BCUT2D eigenvalue weighted by Gasteiger charge is -2.22. The van der Waals surface area contributed by atoms with Gasteiger partial charge in [-0.25, -0.2) is 0 Å². The SMILES string of the molecule is Cc1ccc(OCC(C)NCC2CCC=CO2)cc1. The summed E-state index contributed by atoms with van der Waals surface area (Å²) in [7, 11) is 0. The largest absolute Gasteiger partial charge is 0.497 e. The molecular weight excluding hydrogens is 238 g/mol. The van der Waals surface area contributed by atoms with Crippen LogP contribution in [0.1, 0.15) is 25.3 Å². The third-order valence-electron chi connectivity index (χ3n) is 3.24. The summed E-state index contributed by atoms with van der Waals surface area (Å²) in [6, 6.07) is 8.47. The summed E-state index contributed by atoms with van der Waals surface area (Å²) in [5.74, 6) is 0.927. The maximum absolute atomic E-state index is 5.75. The monoisotopic (exact) mass is 261 g/mol. The summed E-state index contributed by atoms with van der Waals surface area (Å²) < 4.78 is 11.3. The van der Waals surface area contributed by atoms with Crippen molar-refractivity contribution in [3.05, 3.63) is 42.2 Å². The van der Waals surface area contributed by atoms with Crippen molar-refractivity contribution in [2.24, 2.45) is 0 Å². The van der Waals surface area contributed by atoms with Gasteiger partial charge >= 0.3 is 0 Å². The second kappa shape index (κ2) is 7.19. The lowest BCUT2D eigenvalue weighted by molar-refractivity contribution is 0.116. The van der Waals surface area contributed by atoms with Crippen LogP contribution in [0.15, 0.2) is 36.6 Å². The van der Waals surface area contributed by atoms with E-state index in [-0.39, 0.29) is 0 Å². The standard InChI is InChI=1S/C16H23NO2/c1-13-6-8-15(9-7-13)19-12-14(2)17-11-16-5-3-4-10-18-16/h4,6-10,14,16-17H,3,5,11-12H2,1-2H3. The highest BCUT2D eigenvalue weighted by Crippen LogP contribution is 2.12. The van der Waals surface area contributed by atoms with Gasteiger partial charge < -0.3 is 14.8 Å². The molecule has 1 aliphatic rings. The molecule has 19 heavy (non-hydrogen) atoms. The van der Waals surface area contributed by atoms with Crippen LogP contribution in [0.4, 0.5) is 0 Å². The van der Waals surface area contributed by atoms with Crippen molar-refractivity contribution >= 4 is 0 Å². The number of nitrogens with one attached hydrogen (secondary N) is 1. The van der Waals surface area contributed by atoms with E-state index in [9.17, 15) is 0 Å². The van der Waals surface area contributed by atoms with Crippen molar-refractivity contribution in [1.29, 1.82) is 0 Å². The first-order valence-corrected chi connectivity index (χ1v) is 6.97. The van der Waals surface area contributed by atoms with Crippen LogP contribution in [0.5, 0.6) is 5.75 Å². The van der Waals surface area contributed by atoms with Gasteiger partial charge in [-0.2, -0.15) is 0 Å². The number of hydrogen-bond acceptors (Lipinski definition) is 3. The maximum atomic E-state index is 5.75. The average molecular weight is 261 g/mol. The van der Waals surface area contributed by atoms with E-state index in [2.05, 4.69) is 37.4 Å². The Balaban J connectivity index is 1.65. The molecule has 1 N–H and O–H groups in total. The fraction of sp³-hybridized carbons (Fsp3) is 0.500. The minimum Gasteiger partial charge on any atom is -0.497 e. The van der Waals surface area contributed by atoms with Gasteiger partial charge in [0.1, 0.15) is 18.5 Å². The third kappa shape index (κ3) is 4.95. The van der Waals surface area contributed by atoms with Gasteiger partial charge in [0.15, 0.2) is 0 Å². The summed E-state index contributed by atoms with van der Waals surface area (Å²) in [4.78, 5) is 0. The molecule has 0 fully saturated rings.